The molecule has 1 aromatic carbocycles. The lowest BCUT2D eigenvalue weighted by Crippen LogP contribution is -2.17. The molecule has 0 aromatic heterocycles. The molecule has 0 saturated carbocycles. The second-order valence-electron chi connectivity index (χ2n) is 4.23. The van der Waals surface area contributed by atoms with Gasteiger partial charge in [-0.3, -0.25) is 0 Å². The van der Waals surface area contributed by atoms with Crippen molar-refractivity contribution in [2.24, 2.45) is 0 Å². The molecule has 16 heavy (non-hydrogen) atoms. The van der Waals surface area contributed by atoms with Gasteiger partial charge in [-0.05, 0) is 41.3 Å². The lowest BCUT2D eigenvalue weighted by molar-refractivity contribution is 0.750. The number of benzene rings is 1. The molecule has 2 aliphatic rings. The Kier molecular flexibility index (Phi) is 2.47. The van der Waals surface area contributed by atoms with Gasteiger partial charge in [-0.2, -0.15) is 0 Å². The molecule has 1 aromatic rings. The van der Waals surface area contributed by atoms with Gasteiger partial charge >= 0.3 is 0 Å². The summed E-state index contributed by atoms with van der Waals surface area (Å²) in [4.78, 5) is 0. The van der Waals surface area contributed by atoms with E-state index in [9.17, 15) is 0 Å². The summed E-state index contributed by atoms with van der Waals surface area (Å²) in [5.41, 5.74) is 5.50. The maximum atomic E-state index is 3.47. The van der Waals surface area contributed by atoms with Crippen molar-refractivity contribution in [2.75, 3.05) is 13.1 Å². The first-order valence-corrected chi connectivity index (χ1v) is 5.83. The highest BCUT2D eigenvalue weighted by atomic mass is 14.8. The molecule has 0 atom stereocenters. The fraction of sp³-hybridized carbons (Fsp3) is 0.200. The second-order valence-corrected chi connectivity index (χ2v) is 4.23. The van der Waals surface area contributed by atoms with Crippen molar-refractivity contribution in [3.05, 3.63) is 59.2 Å². The van der Waals surface area contributed by atoms with Crippen LogP contribution < -0.4 is 5.32 Å². The molecule has 1 heteroatoms. The Bertz CT molecular complexity index is 492. The third-order valence-corrected chi connectivity index (χ3v) is 3.13. The number of hydrogen-bond donors (Lipinski definition) is 1. The molecule has 0 radical (unpaired) electrons. The van der Waals surface area contributed by atoms with Crippen LogP contribution in [-0.4, -0.2) is 13.1 Å². The lowest BCUT2D eigenvalue weighted by atomic mass is 10.0. The molecule has 0 unspecified atom stereocenters. The highest BCUT2D eigenvalue weighted by Crippen LogP contribution is 2.35. The normalized spacial score (nSPS) is 24.0. The van der Waals surface area contributed by atoms with Crippen LogP contribution in [0.15, 0.2) is 48.1 Å². The van der Waals surface area contributed by atoms with Gasteiger partial charge in [-0.1, -0.05) is 42.5 Å². The molecule has 1 aliphatic carbocycles. The summed E-state index contributed by atoms with van der Waals surface area (Å²) in [6.07, 6.45) is 10.1. The Morgan fingerprint density at radius 2 is 2.06 bits per heavy atom. The Morgan fingerprint density at radius 3 is 3.06 bits per heavy atom. The van der Waals surface area contributed by atoms with E-state index in [1.54, 1.807) is 0 Å². The highest BCUT2D eigenvalue weighted by Gasteiger charge is 2.17. The largest absolute Gasteiger partial charge is 0.312 e. The van der Waals surface area contributed by atoms with Gasteiger partial charge in [0, 0.05) is 6.54 Å². The van der Waals surface area contributed by atoms with Crippen LogP contribution in [0.25, 0.3) is 11.6 Å². The van der Waals surface area contributed by atoms with Gasteiger partial charge in [-0.15, -0.1) is 0 Å². The van der Waals surface area contributed by atoms with E-state index in [1.807, 2.05) is 0 Å². The van der Waals surface area contributed by atoms with Crippen LogP contribution in [0.4, 0.5) is 0 Å². The van der Waals surface area contributed by atoms with E-state index >= 15 is 0 Å². The van der Waals surface area contributed by atoms with Crippen LogP contribution in [0.2, 0.25) is 0 Å². The fourth-order valence-electron chi connectivity index (χ4n) is 2.32. The SMILES string of the molecule is C1=C2CNCC/C=C\C=C/2c2ccccc21. The fourth-order valence-corrected chi connectivity index (χ4v) is 2.32. The number of rotatable bonds is 0. The summed E-state index contributed by atoms with van der Waals surface area (Å²) in [7, 11) is 0. The first-order valence-electron chi connectivity index (χ1n) is 5.83. The molecule has 3 rings (SSSR count). The van der Waals surface area contributed by atoms with Crippen molar-refractivity contribution < 1.29 is 0 Å². The van der Waals surface area contributed by atoms with Crippen molar-refractivity contribution in [2.45, 2.75) is 6.42 Å². The molecular formula is C15H15N. The van der Waals surface area contributed by atoms with E-state index in [2.05, 4.69) is 53.9 Å². The topological polar surface area (TPSA) is 12.0 Å². The van der Waals surface area contributed by atoms with Crippen LogP contribution in [0.3, 0.4) is 0 Å². The average Bonchev–Trinajstić information content (AvgIpc) is 2.69. The first-order chi connectivity index (χ1) is 7.95. The van der Waals surface area contributed by atoms with Crippen molar-refractivity contribution >= 4 is 11.6 Å². The molecule has 1 nitrogen and oxygen atoms in total. The Morgan fingerprint density at radius 1 is 1.12 bits per heavy atom. The van der Waals surface area contributed by atoms with Crippen LogP contribution >= 0.6 is 0 Å². The minimum Gasteiger partial charge on any atom is -0.312 e. The van der Waals surface area contributed by atoms with Gasteiger partial charge in [0.15, 0.2) is 0 Å². The number of fused-ring (bicyclic) bond motifs is 3. The monoisotopic (exact) mass is 209 g/mol. The molecule has 1 aliphatic heterocycles. The zero-order valence-corrected chi connectivity index (χ0v) is 9.24. The Labute approximate surface area is 96.2 Å². The van der Waals surface area contributed by atoms with Gasteiger partial charge in [0.2, 0.25) is 0 Å². The average molecular weight is 209 g/mol. The van der Waals surface area contributed by atoms with E-state index < -0.39 is 0 Å². The first kappa shape index (κ1) is 9.61. The van der Waals surface area contributed by atoms with Gasteiger partial charge in [0.05, 0.1) is 0 Å². The number of allylic oxidation sites excluding steroid dienone is 2. The van der Waals surface area contributed by atoms with Crippen molar-refractivity contribution in [1.82, 2.24) is 5.32 Å². The molecule has 1 heterocycles. The molecule has 0 fully saturated rings. The molecule has 80 valence electrons. The van der Waals surface area contributed by atoms with Crippen LogP contribution in [0, 0.1) is 0 Å². The van der Waals surface area contributed by atoms with E-state index in [1.165, 1.54) is 22.3 Å². The molecule has 0 spiro atoms. The zero-order chi connectivity index (χ0) is 10.8. The van der Waals surface area contributed by atoms with Crippen molar-refractivity contribution in [3.63, 3.8) is 0 Å². The maximum absolute atomic E-state index is 3.47. The minimum absolute atomic E-state index is 0.974. The number of nitrogens with one attached hydrogen (secondary N) is 1. The smallest absolute Gasteiger partial charge is 0.0212 e. The summed E-state index contributed by atoms with van der Waals surface area (Å²) < 4.78 is 0. The quantitative estimate of drug-likeness (QED) is 0.692. The minimum atomic E-state index is 0.974. The van der Waals surface area contributed by atoms with Gasteiger partial charge in [0.1, 0.15) is 0 Å². The lowest BCUT2D eigenvalue weighted by Gasteiger charge is -2.06. The van der Waals surface area contributed by atoms with Crippen LogP contribution in [-0.2, 0) is 0 Å². The van der Waals surface area contributed by atoms with Gasteiger partial charge < -0.3 is 5.32 Å². The maximum Gasteiger partial charge on any atom is 0.0212 e. The summed E-state index contributed by atoms with van der Waals surface area (Å²) in [5, 5.41) is 3.47. The second kappa shape index (κ2) is 4.11. The molecular weight excluding hydrogens is 194 g/mol. The molecule has 0 amide bonds. The molecule has 0 saturated heterocycles. The summed E-state index contributed by atoms with van der Waals surface area (Å²) in [6, 6.07) is 8.60. The Hall–Kier alpha value is -1.60. The van der Waals surface area contributed by atoms with E-state index in [0.717, 1.165) is 19.5 Å². The van der Waals surface area contributed by atoms with E-state index in [0.29, 0.717) is 0 Å². The predicted molar refractivity (Wildman–Crippen MR) is 69.0 cm³/mol. The summed E-state index contributed by atoms with van der Waals surface area (Å²) >= 11 is 0. The van der Waals surface area contributed by atoms with Gasteiger partial charge in [-0.25, -0.2) is 0 Å². The Balaban J connectivity index is 2.08. The summed E-state index contributed by atoms with van der Waals surface area (Å²) in [5.74, 6) is 0. The molecule has 1 N–H and O–H groups in total. The van der Waals surface area contributed by atoms with E-state index in [-0.39, 0.29) is 0 Å². The summed E-state index contributed by atoms with van der Waals surface area (Å²) in [6.45, 7) is 2.04. The highest BCUT2D eigenvalue weighted by molar-refractivity contribution is 5.95. The van der Waals surface area contributed by atoms with Crippen LogP contribution in [0.1, 0.15) is 17.5 Å². The van der Waals surface area contributed by atoms with Crippen LogP contribution in [0.5, 0.6) is 0 Å². The molecule has 0 bridgehead atoms. The number of hydrogen-bond acceptors (Lipinski definition) is 1. The standard InChI is InChI=1S/C15H15N/c1-2-7-15-13(11-16-9-5-1)10-12-6-3-4-8-14(12)15/h1-4,6-8,10,16H,5,9,11H2/b2-1-,15-7+. The predicted octanol–water partition coefficient (Wildman–Crippen LogP) is 3.02. The van der Waals surface area contributed by atoms with Crippen molar-refractivity contribution in [3.8, 4) is 0 Å². The zero-order valence-electron chi connectivity index (χ0n) is 9.24. The third kappa shape index (κ3) is 1.63. The van der Waals surface area contributed by atoms with Crippen molar-refractivity contribution in [1.29, 1.82) is 0 Å². The van der Waals surface area contributed by atoms with E-state index in [4.69, 9.17) is 0 Å². The third-order valence-electron chi connectivity index (χ3n) is 3.13. The van der Waals surface area contributed by atoms with Gasteiger partial charge in [0.25, 0.3) is 0 Å².